The SMILES string of the molecule is Cc1nnc(-n2ccnc2CN)s1. The van der Waals surface area contributed by atoms with Crippen molar-refractivity contribution in [3.05, 3.63) is 23.2 Å². The van der Waals surface area contributed by atoms with E-state index >= 15 is 0 Å². The first kappa shape index (κ1) is 8.33. The quantitative estimate of drug-likeness (QED) is 0.757. The fraction of sp³-hybridized carbons (Fsp3) is 0.286. The number of aryl methyl sites for hydroxylation is 1. The van der Waals surface area contributed by atoms with Crippen LogP contribution in [0.1, 0.15) is 10.8 Å². The number of aromatic nitrogens is 4. The smallest absolute Gasteiger partial charge is 0.217 e. The third-order valence-corrected chi connectivity index (χ3v) is 2.46. The highest BCUT2D eigenvalue weighted by Crippen LogP contribution is 2.14. The van der Waals surface area contributed by atoms with E-state index in [4.69, 9.17) is 5.73 Å². The molecule has 0 bridgehead atoms. The Balaban J connectivity index is 2.45. The summed E-state index contributed by atoms with van der Waals surface area (Å²) in [7, 11) is 0. The molecule has 0 atom stereocenters. The molecule has 13 heavy (non-hydrogen) atoms. The molecule has 2 aromatic rings. The van der Waals surface area contributed by atoms with Gasteiger partial charge < -0.3 is 5.73 Å². The molecule has 0 amide bonds. The molecule has 0 saturated carbocycles. The molecule has 0 fully saturated rings. The minimum absolute atomic E-state index is 0.408. The van der Waals surface area contributed by atoms with E-state index < -0.39 is 0 Å². The van der Waals surface area contributed by atoms with Gasteiger partial charge >= 0.3 is 0 Å². The highest BCUT2D eigenvalue weighted by molar-refractivity contribution is 7.13. The summed E-state index contributed by atoms with van der Waals surface area (Å²) in [5.74, 6) is 0.802. The van der Waals surface area contributed by atoms with Gasteiger partial charge in [-0.25, -0.2) is 4.98 Å². The minimum atomic E-state index is 0.408. The molecular formula is C7H9N5S. The normalized spacial score (nSPS) is 10.6. The second kappa shape index (κ2) is 3.23. The zero-order chi connectivity index (χ0) is 9.26. The summed E-state index contributed by atoms with van der Waals surface area (Å²) in [6.45, 7) is 2.33. The molecule has 0 radical (unpaired) electrons. The Kier molecular flexibility index (Phi) is 2.07. The Labute approximate surface area is 79.2 Å². The van der Waals surface area contributed by atoms with Gasteiger partial charge in [0.2, 0.25) is 5.13 Å². The highest BCUT2D eigenvalue weighted by atomic mass is 32.1. The molecule has 0 aliphatic rings. The summed E-state index contributed by atoms with van der Waals surface area (Å²) in [6, 6.07) is 0. The lowest BCUT2D eigenvalue weighted by atomic mass is 10.6. The van der Waals surface area contributed by atoms with Gasteiger partial charge in [-0.2, -0.15) is 0 Å². The minimum Gasteiger partial charge on any atom is -0.324 e. The molecule has 2 heterocycles. The second-order valence-corrected chi connectivity index (χ2v) is 3.68. The Bertz CT molecular complexity index is 404. The first-order valence-corrected chi connectivity index (χ1v) is 4.65. The Hall–Kier alpha value is -1.27. The van der Waals surface area contributed by atoms with Gasteiger partial charge in [0, 0.05) is 12.4 Å². The molecule has 2 N–H and O–H groups in total. The van der Waals surface area contributed by atoms with Gasteiger partial charge in [-0.1, -0.05) is 11.3 Å². The van der Waals surface area contributed by atoms with Crippen LogP contribution in [-0.4, -0.2) is 19.7 Å². The van der Waals surface area contributed by atoms with Gasteiger partial charge in [0.15, 0.2) is 0 Å². The van der Waals surface area contributed by atoms with Crippen LogP contribution >= 0.6 is 11.3 Å². The van der Waals surface area contributed by atoms with E-state index in [0.29, 0.717) is 6.54 Å². The van der Waals surface area contributed by atoms with Crippen LogP contribution in [0.15, 0.2) is 12.4 Å². The van der Waals surface area contributed by atoms with Crippen LogP contribution in [0, 0.1) is 6.92 Å². The summed E-state index contributed by atoms with van der Waals surface area (Å²) in [5, 5.41) is 9.68. The maximum Gasteiger partial charge on any atom is 0.217 e. The number of nitrogens with zero attached hydrogens (tertiary/aromatic N) is 4. The lowest BCUT2D eigenvalue weighted by Gasteiger charge is -1.98. The predicted octanol–water partition coefficient (Wildman–Crippen LogP) is 0.491. The first-order chi connectivity index (χ1) is 6.31. The molecule has 2 aromatic heterocycles. The lowest BCUT2D eigenvalue weighted by Crippen LogP contribution is -2.05. The number of nitrogens with two attached hydrogens (primary N) is 1. The van der Waals surface area contributed by atoms with Crippen molar-refractivity contribution >= 4 is 11.3 Å². The van der Waals surface area contributed by atoms with Crippen LogP contribution in [0.3, 0.4) is 0 Å². The van der Waals surface area contributed by atoms with E-state index in [1.807, 2.05) is 17.7 Å². The highest BCUT2D eigenvalue weighted by Gasteiger charge is 2.06. The van der Waals surface area contributed by atoms with Crippen LogP contribution in [0.5, 0.6) is 0 Å². The zero-order valence-electron chi connectivity index (χ0n) is 7.14. The molecule has 6 heteroatoms. The molecule has 68 valence electrons. The van der Waals surface area contributed by atoms with Crippen molar-refractivity contribution in [3.63, 3.8) is 0 Å². The fourth-order valence-corrected chi connectivity index (χ4v) is 1.74. The van der Waals surface area contributed by atoms with E-state index in [1.165, 1.54) is 11.3 Å². The standard InChI is InChI=1S/C7H9N5S/c1-5-10-11-7(13-5)12-3-2-9-6(12)4-8/h2-3H,4,8H2,1H3. The summed E-state index contributed by atoms with van der Waals surface area (Å²) >= 11 is 1.52. The van der Waals surface area contributed by atoms with Crippen molar-refractivity contribution < 1.29 is 0 Å². The summed E-state index contributed by atoms with van der Waals surface area (Å²) in [4.78, 5) is 4.10. The Morgan fingerprint density at radius 2 is 2.38 bits per heavy atom. The molecule has 5 nitrogen and oxygen atoms in total. The lowest BCUT2D eigenvalue weighted by molar-refractivity contribution is 0.846. The van der Waals surface area contributed by atoms with E-state index in [2.05, 4.69) is 15.2 Å². The van der Waals surface area contributed by atoms with Crippen molar-refractivity contribution in [2.45, 2.75) is 13.5 Å². The van der Waals surface area contributed by atoms with Gasteiger partial charge in [-0.05, 0) is 6.92 Å². The van der Waals surface area contributed by atoms with Crippen molar-refractivity contribution in [2.75, 3.05) is 0 Å². The average Bonchev–Trinajstić information content (AvgIpc) is 2.71. The average molecular weight is 195 g/mol. The molecule has 0 aliphatic heterocycles. The number of imidazole rings is 1. The monoisotopic (exact) mass is 195 g/mol. The summed E-state index contributed by atoms with van der Waals surface area (Å²) in [5.41, 5.74) is 5.51. The van der Waals surface area contributed by atoms with Crippen LogP contribution in [-0.2, 0) is 6.54 Å². The largest absolute Gasteiger partial charge is 0.324 e. The van der Waals surface area contributed by atoms with E-state index in [0.717, 1.165) is 16.0 Å². The molecule has 2 rings (SSSR count). The molecule has 0 aliphatic carbocycles. The molecule has 0 saturated heterocycles. The van der Waals surface area contributed by atoms with E-state index in [-0.39, 0.29) is 0 Å². The summed E-state index contributed by atoms with van der Waals surface area (Å²) < 4.78 is 1.85. The molecular weight excluding hydrogens is 186 g/mol. The predicted molar refractivity (Wildman–Crippen MR) is 49.7 cm³/mol. The van der Waals surface area contributed by atoms with Crippen molar-refractivity contribution in [3.8, 4) is 5.13 Å². The number of hydrogen-bond donors (Lipinski definition) is 1. The topological polar surface area (TPSA) is 69.6 Å². The van der Waals surface area contributed by atoms with Crippen molar-refractivity contribution in [2.24, 2.45) is 5.73 Å². The van der Waals surface area contributed by atoms with Gasteiger partial charge in [-0.3, -0.25) is 4.57 Å². The third kappa shape index (κ3) is 1.45. The fourth-order valence-electron chi connectivity index (χ4n) is 1.04. The van der Waals surface area contributed by atoms with E-state index in [9.17, 15) is 0 Å². The van der Waals surface area contributed by atoms with Gasteiger partial charge in [0.25, 0.3) is 0 Å². The van der Waals surface area contributed by atoms with Crippen LogP contribution in [0.4, 0.5) is 0 Å². The first-order valence-electron chi connectivity index (χ1n) is 3.84. The maximum atomic E-state index is 5.51. The van der Waals surface area contributed by atoms with Crippen LogP contribution in [0.25, 0.3) is 5.13 Å². The van der Waals surface area contributed by atoms with Gasteiger partial charge in [0.1, 0.15) is 10.8 Å². The molecule has 0 spiro atoms. The van der Waals surface area contributed by atoms with Crippen molar-refractivity contribution in [1.29, 1.82) is 0 Å². The molecule has 0 aromatic carbocycles. The number of hydrogen-bond acceptors (Lipinski definition) is 5. The third-order valence-electron chi connectivity index (χ3n) is 1.62. The van der Waals surface area contributed by atoms with Gasteiger partial charge in [0.05, 0.1) is 6.54 Å². The molecule has 0 unspecified atom stereocenters. The van der Waals surface area contributed by atoms with Crippen LogP contribution in [0.2, 0.25) is 0 Å². The number of rotatable bonds is 2. The second-order valence-electron chi connectivity index (χ2n) is 2.52. The van der Waals surface area contributed by atoms with Crippen molar-refractivity contribution in [1.82, 2.24) is 19.7 Å². The zero-order valence-corrected chi connectivity index (χ0v) is 7.95. The summed E-state index contributed by atoms with van der Waals surface area (Å²) in [6.07, 6.45) is 3.54. The maximum absolute atomic E-state index is 5.51. The Morgan fingerprint density at radius 1 is 1.54 bits per heavy atom. The van der Waals surface area contributed by atoms with Crippen LogP contribution < -0.4 is 5.73 Å². The van der Waals surface area contributed by atoms with Gasteiger partial charge in [-0.15, -0.1) is 10.2 Å². The van der Waals surface area contributed by atoms with E-state index in [1.54, 1.807) is 6.20 Å². The Morgan fingerprint density at radius 3 is 3.00 bits per heavy atom.